The summed E-state index contributed by atoms with van der Waals surface area (Å²) in [5.74, 6) is 0. The van der Waals surface area contributed by atoms with E-state index in [4.69, 9.17) is 9.72 Å². The van der Waals surface area contributed by atoms with E-state index in [2.05, 4.69) is 36.5 Å². The second-order valence-electron chi connectivity index (χ2n) is 4.67. The van der Waals surface area contributed by atoms with Crippen LogP contribution in [0.5, 0.6) is 0 Å². The number of pyridine rings is 1. The lowest BCUT2D eigenvalue weighted by molar-refractivity contribution is 0.188. The van der Waals surface area contributed by atoms with Gasteiger partial charge in [0, 0.05) is 25.1 Å². The summed E-state index contributed by atoms with van der Waals surface area (Å²) in [7, 11) is 1.75. The monoisotopic (exact) mass is 258 g/mol. The Labute approximate surface area is 115 Å². The van der Waals surface area contributed by atoms with E-state index in [1.54, 1.807) is 7.11 Å². The van der Waals surface area contributed by atoms with Gasteiger partial charge in [-0.15, -0.1) is 0 Å². The van der Waals surface area contributed by atoms with Crippen molar-refractivity contribution in [2.45, 2.75) is 25.8 Å². The summed E-state index contributed by atoms with van der Waals surface area (Å²) in [6.07, 6.45) is 2.09. The number of nitrogens with one attached hydrogen (secondary N) is 1. The van der Waals surface area contributed by atoms with E-state index in [9.17, 15) is 0 Å². The number of nitrogens with zero attached hydrogens (tertiary/aromatic N) is 1. The number of hydrogen-bond acceptors (Lipinski definition) is 3. The first kappa shape index (κ1) is 14.0. The second-order valence-corrected chi connectivity index (χ2v) is 4.67. The van der Waals surface area contributed by atoms with Crippen LogP contribution in [0.25, 0.3) is 10.9 Å². The number of para-hydroxylation sites is 1. The van der Waals surface area contributed by atoms with Crippen LogP contribution in [0.3, 0.4) is 0 Å². The van der Waals surface area contributed by atoms with Gasteiger partial charge in [-0.25, -0.2) is 0 Å². The number of methoxy groups -OCH3 is 1. The highest BCUT2D eigenvalue weighted by Crippen LogP contribution is 2.20. The van der Waals surface area contributed by atoms with E-state index in [-0.39, 0.29) is 0 Å². The summed E-state index contributed by atoms with van der Waals surface area (Å²) in [5, 5.41) is 4.70. The molecule has 0 aliphatic carbocycles. The minimum absolute atomic E-state index is 0.310. The lowest BCUT2D eigenvalue weighted by atomic mass is 10.1. The van der Waals surface area contributed by atoms with Crippen LogP contribution in [0.15, 0.2) is 36.4 Å². The minimum atomic E-state index is 0.310. The van der Waals surface area contributed by atoms with Crippen LogP contribution >= 0.6 is 0 Å². The highest BCUT2D eigenvalue weighted by atomic mass is 16.5. The van der Waals surface area contributed by atoms with Gasteiger partial charge in [0.2, 0.25) is 0 Å². The van der Waals surface area contributed by atoms with Crippen LogP contribution in [0, 0.1) is 0 Å². The van der Waals surface area contributed by atoms with Crippen LogP contribution in [0.1, 0.15) is 31.5 Å². The zero-order chi connectivity index (χ0) is 13.5. The second kappa shape index (κ2) is 7.22. The summed E-state index contributed by atoms with van der Waals surface area (Å²) < 4.78 is 5.13. The van der Waals surface area contributed by atoms with Crippen LogP contribution in [-0.2, 0) is 4.74 Å². The van der Waals surface area contributed by atoms with Crippen molar-refractivity contribution in [1.82, 2.24) is 10.3 Å². The Hall–Kier alpha value is -1.45. The first-order chi connectivity index (χ1) is 9.35. The maximum absolute atomic E-state index is 5.13. The van der Waals surface area contributed by atoms with Crippen LogP contribution < -0.4 is 5.32 Å². The Morgan fingerprint density at radius 1 is 1.21 bits per heavy atom. The normalized spacial score (nSPS) is 12.7. The van der Waals surface area contributed by atoms with E-state index < -0.39 is 0 Å². The molecule has 0 amide bonds. The third-order valence-corrected chi connectivity index (χ3v) is 3.27. The Morgan fingerprint density at radius 3 is 2.84 bits per heavy atom. The maximum atomic E-state index is 5.13. The standard InChI is InChI=1S/C16H22N2O/c1-3-17-15(9-6-12-19-2)16-11-10-13-7-4-5-8-14(13)18-16/h4-5,7-8,10-11,15,17H,3,6,9,12H2,1-2H3. The molecule has 0 saturated heterocycles. The molecule has 0 fully saturated rings. The van der Waals surface area contributed by atoms with E-state index in [0.29, 0.717) is 6.04 Å². The van der Waals surface area contributed by atoms with Gasteiger partial charge in [0.15, 0.2) is 0 Å². The topological polar surface area (TPSA) is 34.1 Å². The molecule has 0 radical (unpaired) electrons. The van der Waals surface area contributed by atoms with Crippen molar-refractivity contribution in [3.05, 3.63) is 42.1 Å². The Bertz CT molecular complexity index is 513. The molecule has 3 nitrogen and oxygen atoms in total. The molecule has 1 heterocycles. The number of ether oxygens (including phenoxy) is 1. The zero-order valence-corrected chi connectivity index (χ0v) is 11.7. The third kappa shape index (κ3) is 3.75. The molecule has 0 spiro atoms. The zero-order valence-electron chi connectivity index (χ0n) is 11.7. The van der Waals surface area contributed by atoms with Crippen molar-refractivity contribution in [1.29, 1.82) is 0 Å². The van der Waals surface area contributed by atoms with Crippen molar-refractivity contribution in [2.24, 2.45) is 0 Å². The third-order valence-electron chi connectivity index (χ3n) is 3.27. The average molecular weight is 258 g/mol. The number of hydrogen-bond donors (Lipinski definition) is 1. The molecule has 3 heteroatoms. The van der Waals surface area contributed by atoms with Gasteiger partial charge in [0.25, 0.3) is 0 Å². The lowest BCUT2D eigenvalue weighted by Gasteiger charge is -2.17. The highest BCUT2D eigenvalue weighted by Gasteiger charge is 2.11. The molecule has 1 atom stereocenters. The molecular weight excluding hydrogens is 236 g/mol. The molecule has 1 aromatic carbocycles. The number of aromatic nitrogens is 1. The summed E-state index contributed by atoms with van der Waals surface area (Å²) in [6, 6.07) is 12.8. The molecular formula is C16H22N2O. The molecule has 2 rings (SSSR count). The average Bonchev–Trinajstić information content (AvgIpc) is 2.46. The van der Waals surface area contributed by atoms with Crippen molar-refractivity contribution < 1.29 is 4.74 Å². The largest absolute Gasteiger partial charge is 0.385 e. The summed E-state index contributed by atoms with van der Waals surface area (Å²) in [6.45, 7) is 3.88. The molecule has 0 bridgehead atoms. The SMILES string of the molecule is CCNC(CCCOC)c1ccc2ccccc2n1. The minimum Gasteiger partial charge on any atom is -0.385 e. The molecule has 1 N–H and O–H groups in total. The maximum Gasteiger partial charge on any atom is 0.0706 e. The van der Waals surface area contributed by atoms with Crippen molar-refractivity contribution in [3.63, 3.8) is 0 Å². The number of fused-ring (bicyclic) bond motifs is 1. The number of rotatable bonds is 7. The Morgan fingerprint density at radius 2 is 2.05 bits per heavy atom. The smallest absolute Gasteiger partial charge is 0.0706 e. The summed E-state index contributed by atoms with van der Waals surface area (Å²) >= 11 is 0. The molecule has 1 unspecified atom stereocenters. The summed E-state index contributed by atoms with van der Waals surface area (Å²) in [5.41, 5.74) is 2.19. The van der Waals surface area contributed by atoms with Gasteiger partial charge >= 0.3 is 0 Å². The fraction of sp³-hybridized carbons (Fsp3) is 0.438. The van der Waals surface area contributed by atoms with Crippen molar-refractivity contribution >= 4 is 10.9 Å². The predicted octanol–water partition coefficient (Wildman–Crippen LogP) is 3.31. The van der Waals surface area contributed by atoms with Gasteiger partial charge in [-0.05, 0) is 31.5 Å². The molecule has 0 aliphatic heterocycles. The van der Waals surface area contributed by atoms with E-state index >= 15 is 0 Å². The quantitative estimate of drug-likeness (QED) is 0.774. The van der Waals surface area contributed by atoms with E-state index in [0.717, 1.165) is 37.2 Å². The van der Waals surface area contributed by atoms with Gasteiger partial charge in [-0.1, -0.05) is 31.2 Å². The Balaban J connectivity index is 2.17. The van der Waals surface area contributed by atoms with E-state index in [1.165, 1.54) is 5.39 Å². The molecule has 102 valence electrons. The van der Waals surface area contributed by atoms with Crippen LogP contribution in [0.4, 0.5) is 0 Å². The van der Waals surface area contributed by atoms with Crippen molar-refractivity contribution in [2.75, 3.05) is 20.3 Å². The molecule has 0 aliphatic rings. The first-order valence-corrected chi connectivity index (χ1v) is 6.93. The van der Waals surface area contributed by atoms with Gasteiger partial charge in [-0.3, -0.25) is 4.98 Å². The lowest BCUT2D eigenvalue weighted by Crippen LogP contribution is -2.22. The molecule has 0 saturated carbocycles. The summed E-state index contributed by atoms with van der Waals surface area (Å²) in [4.78, 5) is 4.77. The number of benzene rings is 1. The van der Waals surface area contributed by atoms with Gasteiger partial charge < -0.3 is 10.1 Å². The van der Waals surface area contributed by atoms with Crippen LogP contribution in [0.2, 0.25) is 0 Å². The van der Waals surface area contributed by atoms with Gasteiger partial charge in [0.1, 0.15) is 0 Å². The van der Waals surface area contributed by atoms with Crippen LogP contribution in [-0.4, -0.2) is 25.2 Å². The molecule has 2 aromatic rings. The molecule has 19 heavy (non-hydrogen) atoms. The first-order valence-electron chi connectivity index (χ1n) is 6.93. The van der Waals surface area contributed by atoms with Crippen molar-refractivity contribution in [3.8, 4) is 0 Å². The molecule has 1 aromatic heterocycles. The van der Waals surface area contributed by atoms with E-state index in [1.807, 2.05) is 12.1 Å². The van der Waals surface area contributed by atoms with Gasteiger partial charge in [-0.2, -0.15) is 0 Å². The highest BCUT2D eigenvalue weighted by molar-refractivity contribution is 5.78. The fourth-order valence-electron chi connectivity index (χ4n) is 2.31. The van der Waals surface area contributed by atoms with Gasteiger partial charge in [0.05, 0.1) is 11.2 Å². The fourth-order valence-corrected chi connectivity index (χ4v) is 2.31. The predicted molar refractivity (Wildman–Crippen MR) is 79.3 cm³/mol. The Kier molecular flexibility index (Phi) is 5.31.